The molecule has 0 bridgehead atoms. The third-order valence-corrected chi connectivity index (χ3v) is 3.55. The number of nitro groups is 1. The van der Waals surface area contributed by atoms with Crippen LogP contribution in [0.25, 0.3) is 22.9 Å². The molecule has 1 aromatic heterocycles. The number of rotatable bonds is 4. The van der Waals surface area contributed by atoms with Crippen molar-refractivity contribution in [3.63, 3.8) is 0 Å². The van der Waals surface area contributed by atoms with E-state index in [-0.39, 0.29) is 22.7 Å². The van der Waals surface area contributed by atoms with Gasteiger partial charge in [0, 0.05) is 23.8 Å². The Kier molecular flexibility index (Phi) is 4.17. The molecule has 0 aliphatic carbocycles. The van der Waals surface area contributed by atoms with Crippen LogP contribution in [0.5, 0.6) is 5.75 Å². The summed E-state index contributed by atoms with van der Waals surface area (Å²) in [6, 6.07) is 10.7. The first-order chi connectivity index (χ1) is 12.0. The van der Waals surface area contributed by atoms with E-state index in [1.165, 1.54) is 31.4 Å². The van der Waals surface area contributed by atoms with Crippen molar-refractivity contribution >= 4 is 28.6 Å². The number of aromatic nitrogens is 2. The fraction of sp³-hybridized carbons (Fsp3) is 0.0588. The first-order valence-corrected chi connectivity index (χ1v) is 7.21. The quantitative estimate of drug-likeness (QED) is 0.428. The van der Waals surface area contributed by atoms with Crippen molar-refractivity contribution in [3.05, 3.63) is 74.2 Å². The molecule has 2 aromatic carbocycles. The third kappa shape index (κ3) is 3.32. The van der Waals surface area contributed by atoms with E-state index in [1.807, 2.05) is 0 Å². The van der Waals surface area contributed by atoms with Crippen molar-refractivity contribution in [2.24, 2.45) is 0 Å². The molecule has 3 aromatic rings. The van der Waals surface area contributed by atoms with Crippen molar-refractivity contribution in [2.75, 3.05) is 7.11 Å². The fourth-order valence-corrected chi connectivity index (χ4v) is 2.30. The molecule has 0 saturated carbocycles. The summed E-state index contributed by atoms with van der Waals surface area (Å²) >= 11 is 0. The van der Waals surface area contributed by atoms with Gasteiger partial charge >= 0.3 is 0 Å². The number of methoxy groups -OCH3 is 1. The third-order valence-electron chi connectivity index (χ3n) is 3.55. The second-order valence-corrected chi connectivity index (χ2v) is 5.17. The number of H-pyrrole nitrogens is 1. The number of aromatic amines is 1. The number of aliphatic hydroxyl groups is 1. The van der Waals surface area contributed by atoms with Crippen molar-refractivity contribution in [3.8, 4) is 5.75 Å². The zero-order valence-corrected chi connectivity index (χ0v) is 13.1. The van der Waals surface area contributed by atoms with Gasteiger partial charge in [0.2, 0.25) is 0 Å². The molecular weight excluding hydrogens is 326 g/mol. The fourth-order valence-electron chi connectivity index (χ4n) is 2.30. The first kappa shape index (κ1) is 16.2. The summed E-state index contributed by atoms with van der Waals surface area (Å²) in [6.07, 6.45) is 1.23. The molecule has 3 rings (SSSR count). The van der Waals surface area contributed by atoms with Crippen LogP contribution in [-0.4, -0.2) is 27.1 Å². The van der Waals surface area contributed by atoms with Crippen LogP contribution in [0.2, 0.25) is 0 Å². The lowest BCUT2D eigenvalue weighted by atomic mass is 10.1. The molecule has 0 atom stereocenters. The largest absolute Gasteiger partial charge is 0.507 e. The van der Waals surface area contributed by atoms with E-state index < -0.39 is 10.5 Å². The smallest absolute Gasteiger partial charge is 0.274 e. The molecule has 0 radical (unpaired) electrons. The summed E-state index contributed by atoms with van der Waals surface area (Å²) in [5, 5.41) is 21.0. The Bertz CT molecular complexity index is 1060. The van der Waals surface area contributed by atoms with Crippen molar-refractivity contribution in [1.82, 2.24) is 9.97 Å². The van der Waals surface area contributed by atoms with Gasteiger partial charge in [-0.05, 0) is 18.2 Å². The van der Waals surface area contributed by atoms with Crippen LogP contribution in [0, 0.1) is 10.1 Å². The molecule has 0 aliphatic heterocycles. The number of hydrogen-bond acceptors (Lipinski definition) is 6. The molecular formula is C17H13N3O5. The summed E-state index contributed by atoms with van der Waals surface area (Å²) in [7, 11) is 1.51. The Hall–Kier alpha value is -3.68. The second-order valence-electron chi connectivity index (χ2n) is 5.17. The summed E-state index contributed by atoms with van der Waals surface area (Å²) in [4.78, 5) is 29.1. The van der Waals surface area contributed by atoms with Crippen LogP contribution < -0.4 is 10.3 Å². The van der Waals surface area contributed by atoms with Gasteiger partial charge in [0.15, 0.2) is 0 Å². The van der Waals surface area contributed by atoms with E-state index in [4.69, 9.17) is 4.74 Å². The van der Waals surface area contributed by atoms with Crippen molar-refractivity contribution < 1.29 is 14.8 Å². The van der Waals surface area contributed by atoms with Gasteiger partial charge in [-0.1, -0.05) is 12.1 Å². The average molecular weight is 339 g/mol. The molecule has 0 spiro atoms. The highest BCUT2D eigenvalue weighted by Gasteiger charge is 2.10. The molecule has 0 amide bonds. The highest BCUT2D eigenvalue weighted by atomic mass is 16.6. The molecule has 0 unspecified atom stereocenters. The first-order valence-electron chi connectivity index (χ1n) is 7.21. The normalized spacial score (nSPS) is 11.5. The Balaban J connectivity index is 2.06. The van der Waals surface area contributed by atoms with Crippen molar-refractivity contribution in [1.29, 1.82) is 0 Å². The highest BCUT2D eigenvalue weighted by Crippen LogP contribution is 2.20. The van der Waals surface area contributed by atoms with E-state index >= 15 is 0 Å². The summed E-state index contributed by atoms with van der Waals surface area (Å²) < 4.78 is 5.09. The lowest BCUT2D eigenvalue weighted by molar-refractivity contribution is -0.384. The minimum Gasteiger partial charge on any atom is -0.507 e. The standard InChI is InChI=1S/C17H13N3O5/c1-25-12-4-2-3-10(7-12)16(21)9-15-17(22)19-14-8-11(20(23)24)5-6-13(14)18-15/h2-9,21H,1H3,(H,19,22). The predicted octanol–water partition coefficient (Wildman–Crippen LogP) is 2.90. The Morgan fingerprint density at radius 1 is 1.32 bits per heavy atom. The monoisotopic (exact) mass is 339 g/mol. The maximum absolute atomic E-state index is 12.1. The SMILES string of the molecule is COc1cccc(C(O)=Cc2nc3ccc([N+](=O)[O-])cc3[nH]c2=O)c1. The van der Waals surface area contributed by atoms with Gasteiger partial charge in [0.05, 0.1) is 23.1 Å². The van der Waals surface area contributed by atoms with Crippen LogP contribution in [0.1, 0.15) is 11.3 Å². The van der Waals surface area contributed by atoms with E-state index in [1.54, 1.807) is 24.3 Å². The number of aliphatic hydroxyl groups excluding tert-OH is 1. The maximum atomic E-state index is 12.1. The average Bonchev–Trinajstić information content (AvgIpc) is 2.61. The molecule has 25 heavy (non-hydrogen) atoms. The molecule has 0 aliphatic rings. The Morgan fingerprint density at radius 3 is 2.84 bits per heavy atom. The van der Waals surface area contributed by atoms with Crippen LogP contribution in [0.3, 0.4) is 0 Å². The van der Waals surface area contributed by atoms with E-state index in [0.717, 1.165) is 0 Å². The van der Waals surface area contributed by atoms with Gasteiger partial charge < -0.3 is 14.8 Å². The zero-order valence-electron chi connectivity index (χ0n) is 13.1. The van der Waals surface area contributed by atoms with Crippen LogP contribution >= 0.6 is 0 Å². The predicted molar refractivity (Wildman–Crippen MR) is 92.5 cm³/mol. The van der Waals surface area contributed by atoms with Gasteiger partial charge in [-0.3, -0.25) is 14.9 Å². The number of nitrogens with one attached hydrogen (secondary N) is 1. The second kappa shape index (κ2) is 6.44. The number of benzene rings is 2. The summed E-state index contributed by atoms with van der Waals surface area (Å²) in [5.41, 5.74) is 0.355. The van der Waals surface area contributed by atoms with E-state index in [0.29, 0.717) is 16.8 Å². The van der Waals surface area contributed by atoms with Gasteiger partial charge in [0.25, 0.3) is 11.2 Å². The highest BCUT2D eigenvalue weighted by molar-refractivity contribution is 5.80. The molecule has 126 valence electrons. The Labute approximate surface area is 141 Å². The zero-order chi connectivity index (χ0) is 18.0. The molecule has 0 saturated heterocycles. The Morgan fingerprint density at radius 2 is 2.12 bits per heavy atom. The van der Waals surface area contributed by atoms with Gasteiger partial charge in [-0.15, -0.1) is 0 Å². The van der Waals surface area contributed by atoms with Crippen LogP contribution in [0.4, 0.5) is 5.69 Å². The van der Waals surface area contributed by atoms with Gasteiger partial charge in [-0.2, -0.15) is 0 Å². The topological polar surface area (TPSA) is 118 Å². The summed E-state index contributed by atoms with van der Waals surface area (Å²) in [5.74, 6) is 0.406. The number of hydrogen-bond donors (Lipinski definition) is 2. The van der Waals surface area contributed by atoms with E-state index in [2.05, 4.69) is 9.97 Å². The maximum Gasteiger partial charge on any atom is 0.274 e. The van der Waals surface area contributed by atoms with Crippen LogP contribution in [0.15, 0.2) is 47.3 Å². The number of ether oxygens (including phenoxy) is 1. The molecule has 2 N–H and O–H groups in total. The molecule has 0 fully saturated rings. The minimum atomic E-state index is -0.567. The van der Waals surface area contributed by atoms with Gasteiger partial charge in [0.1, 0.15) is 17.2 Å². The number of nitrogens with zero attached hydrogens (tertiary/aromatic N) is 2. The van der Waals surface area contributed by atoms with Crippen LogP contribution in [-0.2, 0) is 0 Å². The number of nitro benzene ring substituents is 1. The number of fused-ring (bicyclic) bond motifs is 1. The molecule has 1 heterocycles. The lowest BCUT2D eigenvalue weighted by Crippen LogP contribution is -2.12. The molecule has 8 heteroatoms. The lowest BCUT2D eigenvalue weighted by Gasteiger charge is -2.04. The van der Waals surface area contributed by atoms with Crippen molar-refractivity contribution in [2.45, 2.75) is 0 Å². The summed E-state index contributed by atoms with van der Waals surface area (Å²) in [6.45, 7) is 0. The number of non-ortho nitro benzene ring substituents is 1. The minimum absolute atomic E-state index is 0.0123. The van der Waals surface area contributed by atoms with E-state index in [9.17, 15) is 20.0 Å². The van der Waals surface area contributed by atoms with Gasteiger partial charge in [-0.25, -0.2) is 4.98 Å². The molecule has 8 nitrogen and oxygen atoms in total.